The summed E-state index contributed by atoms with van der Waals surface area (Å²) in [6, 6.07) is 5.43. The van der Waals surface area contributed by atoms with Gasteiger partial charge in [-0.2, -0.15) is 0 Å². The summed E-state index contributed by atoms with van der Waals surface area (Å²) in [5.41, 5.74) is 4.90. The molecule has 37 heavy (non-hydrogen) atoms. The Morgan fingerprint density at radius 3 is 1.86 bits per heavy atom. The number of hydrogen-bond donors (Lipinski definition) is 0. The minimum absolute atomic E-state index is 0.00807. The lowest BCUT2D eigenvalue weighted by Gasteiger charge is -2.14. The van der Waals surface area contributed by atoms with Gasteiger partial charge in [-0.15, -0.1) is 0 Å². The smallest absolute Gasteiger partial charge is 0.383 e. The van der Waals surface area contributed by atoms with Crippen molar-refractivity contribution in [2.24, 2.45) is 0 Å². The van der Waals surface area contributed by atoms with Crippen LogP contribution in [0.3, 0.4) is 0 Å². The lowest BCUT2D eigenvalue weighted by Crippen LogP contribution is -2.11. The third-order valence-corrected chi connectivity index (χ3v) is 5.67. The highest BCUT2D eigenvalue weighted by Crippen LogP contribution is 2.35. The van der Waals surface area contributed by atoms with Crippen molar-refractivity contribution in [2.75, 3.05) is 13.2 Å². The lowest BCUT2D eigenvalue weighted by molar-refractivity contribution is 0.242. The van der Waals surface area contributed by atoms with E-state index in [2.05, 4.69) is 53.7 Å². The van der Waals surface area contributed by atoms with Crippen LogP contribution in [0.5, 0.6) is 17.2 Å². The minimum atomic E-state index is -0.566. The van der Waals surface area contributed by atoms with Crippen LogP contribution in [-0.2, 0) is 0 Å². The summed E-state index contributed by atoms with van der Waals surface area (Å²) in [7, 11) is 0. The molecule has 0 aliphatic carbocycles. The fraction of sp³-hybridized carbons (Fsp3) is 0.469. The Kier molecular flexibility index (Phi) is 12.3. The van der Waals surface area contributed by atoms with E-state index in [4.69, 9.17) is 18.6 Å². The van der Waals surface area contributed by atoms with E-state index < -0.39 is 5.63 Å². The van der Waals surface area contributed by atoms with Gasteiger partial charge in [-0.25, -0.2) is 4.79 Å². The van der Waals surface area contributed by atoms with E-state index in [0.717, 1.165) is 25.7 Å². The maximum atomic E-state index is 12.9. The highest BCUT2D eigenvalue weighted by molar-refractivity contribution is 5.86. The van der Waals surface area contributed by atoms with E-state index >= 15 is 0 Å². The van der Waals surface area contributed by atoms with Gasteiger partial charge in [-0.1, -0.05) is 34.4 Å². The second-order valence-electron chi connectivity index (χ2n) is 10.2. The van der Waals surface area contributed by atoms with Gasteiger partial charge < -0.3 is 18.6 Å². The molecule has 0 N–H and O–H groups in total. The first kappa shape index (κ1) is 30.0. The van der Waals surface area contributed by atoms with Crippen molar-refractivity contribution in [2.45, 2.75) is 87.2 Å². The first-order chi connectivity index (χ1) is 17.6. The van der Waals surface area contributed by atoms with Gasteiger partial charge in [0.25, 0.3) is 0 Å². The molecule has 0 spiro atoms. The summed E-state index contributed by atoms with van der Waals surface area (Å²) >= 11 is 0. The van der Waals surface area contributed by atoms with Crippen LogP contribution in [0.1, 0.15) is 81.1 Å². The normalized spacial score (nSPS) is 12.0. The van der Waals surface area contributed by atoms with Crippen LogP contribution < -0.4 is 19.8 Å². The number of benzene rings is 1. The molecule has 2 rings (SSSR count). The quantitative estimate of drug-likeness (QED) is 0.189. The molecule has 5 nitrogen and oxygen atoms in total. The zero-order valence-electron chi connectivity index (χ0n) is 23.9. The molecule has 2 aromatic rings. The Hall–Kier alpha value is -3.21. The summed E-state index contributed by atoms with van der Waals surface area (Å²) in [5, 5.41) is 0.672. The first-order valence-electron chi connectivity index (χ1n) is 13.2. The Morgan fingerprint density at radius 2 is 1.35 bits per heavy atom. The molecule has 0 aliphatic rings. The monoisotopic (exact) mass is 508 g/mol. The topological polar surface area (TPSA) is 57.9 Å². The van der Waals surface area contributed by atoms with E-state index in [9.17, 15) is 4.79 Å². The van der Waals surface area contributed by atoms with Crippen molar-refractivity contribution in [3.8, 4) is 17.2 Å². The van der Waals surface area contributed by atoms with Crippen molar-refractivity contribution < 1.29 is 18.6 Å². The van der Waals surface area contributed by atoms with Crippen molar-refractivity contribution >= 4 is 11.0 Å². The molecule has 0 saturated heterocycles. The minimum Gasteiger partial charge on any atom is -0.491 e. The van der Waals surface area contributed by atoms with Crippen molar-refractivity contribution in [1.29, 1.82) is 0 Å². The summed E-state index contributed by atoms with van der Waals surface area (Å²) < 4.78 is 23.5. The molecular formula is C32H44O5. The predicted octanol–water partition coefficient (Wildman–Crippen LogP) is 8.72. The molecule has 1 aromatic heterocycles. The Morgan fingerprint density at radius 1 is 0.811 bits per heavy atom. The molecule has 0 saturated carbocycles. The van der Waals surface area contributed by atoms with Gasteiger partial charge in [0.15, 0.2) is 5.75 Å². The van der Waals surface area contributed by atoms with Gasteiger partial charge in [-0.3, -0.25) is 0 Å². The van der Waals surface area contributed by atoms with Gasteiger partial charge in [-0.05, 0) is 105 Å². The van der Waals surface area contributed by atoms with Crippen LogP contribution in [0.25, 0.3) is 11.0 Å². The second kappa shape index (κ2) is 15.1. The number of allylic oxidation sites excluding steroid dienone is 6. The molecular weight excluding hydrogens is 464 g/mol. The molecule has 0 unspecified atom stereocenters. The van der Waals surface area contributed by atoms with Crippen molar-refractivity contribution in [1.82, 2.24) is 0 Å². The molecule has 0 aliphatic heterocycles. The third kappa shape index (κ3) is 10.7. The molecule has 1 heterocycles. The number of ether oxygens (including phenoxy) is 3. The van der Waals surface area contributed by atoms with Crippen molar-refractivity contribution in [3.05, 3.63) is 75.2 Å². The van der Waals surface area contributed by atoms with E-state index in [0.29, 0.717) is 29.1 Å². The molecule has 1 aromatic carbocycles. The molecule has 0 atom stereocenters. The maximum absolute atomic E-state index is 12.9. The number of rotatable bonds is 14. The van der Waals surface area contributed by atoms with Crippen LogP contribution in [0.2, 0.25) is 0 Å². The Labute approximate surface area is 222 Å². The van der Waals surface area contributed by atoms with Crippen LogP contribution in [0.4, 0.5) is 0 Å². The van der Waals surface area contributed by atoms with E-state index in [-0.39, 0.29) is 18.5 Å². The fourth-order valence-electron chi connectivity index (χ4n) is 3.66. The van der Waals surface area contributed by atoms with Crippen LogP contribution in [-0.4, -0.2) is 19.3 Å². The molecule has 202 valence electrons. The first-order valence-corrected chi connectivity index (χ1v) is 13.2. The Bertz CT molecular complexity index is 1200. The number of hydrogen-bond acceptors (Lipinski definition) is 5. The summed E-state index contributed by atoms with van der Waals surface area (Å²) in [5.74, 6) is 1.12. The van der Waals surface area contributed by atoms with Gasteiger partial charge in [0, 0.05) is 6.07 Å². The summed E-state index contributed by atoms with van der Waals surface area (Å²) in [6.45, 7) is 17.1. The summed E-state index contributed by atoms with van der Waals surface area (Å²) in [6.07, 6.45) is 12.4. The molecule has 5 heteroatoms. The third-order valence-electron chi connectivity index (χ3n) is 5.67. The zero-order chi connectivity index (χ0) is 27.4. The van der Waals surface area contributed by atoms with Crippen molar-refractivity contribution in [3.63, 3.8) is 0 Å². The molecule has 0 amide bonds. The largest absolute Gasteiger partial charge is 0.491 e. The maximum Gasteiger partial charge on any atom is 0.383 e. The zero-order valence-corrected chi connectivity index (χ0v) is 23.9. The van der Waals surface area contributed by atoms with E-state index in [1.807, 2.05) is 38.1 Å². The highest BCUT2D eigenvalue weighted by atomic mass is 16.5. The van der Waals surface area contributed by atoms with Gasteiger partial charge in [0.1, 0.15) is 24.5 Å². The van der Waals surface area contributed by atoms with Gasteiger partial charge >= 0.3 is 5.63 Å². The SMILES string of the molecule is CC(C)=CCCC(C)=CCOc1c(OCC=C(C)CCC=C(C)C)c2ccc(OC(C)C)cc2oc1=O. The van der Waals surface area contributed by atoms with Gasteiger partial charge in [0.05, 0.1) is 11.5 Å². The van der Waals surface area contributed by atoms with Crippen LogP contribution in [0, 0.1) is 0 Å². The fourth-order valence-corrected chi connectivity index (χ4v) is 3.66. The van der Waals surface area contributed by atoms with Crippen LogP contribution in [0.15, 0.2) is 74.0 Å². The second-order valence-corrected chi connectivity index (χ2v) is 10.2. The van der Waals surface area contributed by atoms with E-state index in [1.54, 1.807) is 6.07 Å². The molecule has 0 fully saturated rings. The number of fused-ring (bicyclic) bond motifs is 1. The lowest BCUT2D eigenvalue weighted by atomic mass is 10.1. The highest BCUT2D eigenvalue weighted by Gasteiger charge is 2.18. The van der Waals surface area contributed by atoms with Gasteiger partial charge in [0.2, 0.25) is 5.75 Å². The summed E-state index contributed by atoms with van der Waals surface area (Å²) in [4.78, 5) is 12.9. The molecule has 0 radical (unpaired) electrons. The average molecular weight is 509 g/mol. The molecule has 0 bridgehead atoms. The van der Waals surface area contributed by atoms with E-state index in [1.165, 1.54) is 22.3 Å². The standard InChI is InChI=1S/C32H44O5/c1-22(2)11-9-13-25(7)17-19-34-30-28-16-15-27(36-24(5)6)21-29(28)37-32(33)31(30)35-20-18-26(8)14-10-12-23(3)4/h11-12,15-18,21,24H,9-10,13-14,19-20H2,1-8H3. The predicted molar refractivity (Wildman–Crippen MR) is 154 cm³/mol. The average Bonchev–Trinajstić information content (AvgIpc) is 2.79. The van der Waals surface area contributed by atoms with Crippen LogP contribution >= 0.6 is 0 Å². The Balaban J connectivity index is 2.30.